The average molecular weight is 591 g/mol. The Kier molecular flexibility index (Phi) is 9.97. The third-order valence-corrected chi connectivity index (χ3v) is 8.40. The van der Waals surface area contributed by atoms with Crippen molar-refractivity contribution < 1.29 is 22.7 Å². The average Bonchev–Trinajstić information content (AvgIpc) is 3.34. The van der Waals surface area contributed by atoms with Crippen molar-refractivity contribution in [1.82, 2.24) is 10.2 Å². The third-order valence-electron chi connectivity index (χ3n) is 6.29. The normalized spacial score (nSPS) is 14.8. The van der Waals surface area contributed by atoms with E-state index in [9.17, 15) is 18.0 Å². The van der Waals surface area contributed by atoms with E-state index in [0.29, 0.717) is 15.6 Å². The van der Waals surface area contributed by atoms with Crippen molar-refractivity contribution in [3.05, 3.63) is 57.0 Å². The van der Waals surface area contributed by atoms with E-state index < -0.39 is 28.5 Å². The number of carbonyl (C=O) groups excluding carboxylic acids is 2. The van der Waals surface area contributed by atoms with Crippen molar-refractivity contribution in [2.45, 2.75) is 51.2 Å². The van der Waals surface area contributed by atoms with Gasteiger partial charge < -0.3 is 15.0 Å². The van der Waals surface area contributed by atoms with Crippen LogP contribution < -0.4 is 14.4 Å². The van der Waals surface area contributed by atoms with Gasteiger partial charge in [-0.15, -0.1) is 0 Å². The maximum atomic E-state index is 13.7. The van der Waals surface area contributed by atoms with Crippen LogP contribution in [0.15, 0.2) is 36.4 Å². The Balaban J connectivity index is 1.95. The molecule has 1 fully saturated rings. The summed E-state index contributed by atoms with van der Waals surface area (Å²) in [5, 5.41) is 3.94. The number of nitrogens with one attached hydrogen (secondary N) is 1. The predicted molar refractivity (Wildman–Crippen MR) is 147 cm³/mol. The molecule has 0 bridgehead atoms. The van der Waals surface area contributed by atoms with Crippen LogP contribution in [-0.4, -0.2) is 57.1 Å². The van der Waals surface area contributed by atoms with E-state index in [2.05, 4.69) is 5.32 Å². The van der Waals surface area contributed by atoms with Crippen molar-refractivity contribution in [3.63, 3.8) is 0 Å². The summed E-state index contributed by atoms with van der Waals surface area (Å²) in [6, 6.07) is 8.57. The number of anilines is 1. The van der Waals surface area contributed by atoms with Crippen LogP contribution in [0, 0.1) is 0 Å². The van der Waals surface area contributed by atoms with Gasteiger partial charge >= 0.3 is 0 Å². The topological polar surface area (TPSA) is 96.0 Å². The molecule has 2 amide bonds. The molecule has 0 aromatic heterocycles. The molecular weight excluding hydrogens is 561 g/mol. The lowest BCUT2D eigenvalue weighted by Gasteiger charge is -2.32. The van der Waals surface area contributed by atoms with Crippen LogP contribution in [0.4, 0.5) is 5.69 Å². The minimum absolute atomic E-state index is 0.0132. The molecule has 2 aromatic carbocycles. The van der Waals surface area contributed by atoms with Gasteiger partial charge in [0.2, 0.25) is 21.8 Å². The number of nitrogens with zero attached hydrogens (tertiary/aromatic N) is 2. The highest BCUT2D eigenvalue weighted by molar-refractivity contribution is 7.92. The Hall–Kier alpha value is -2.20. The predicted octanol–water partition coefficient (Wildman–Crippen LogP) is 4.90. The van der Waals surface area contributed by atoms with Crippen LogP contribution in [0.5, 0.6) is 5.75 Å². The minimum atomic E-state index is -3.94. The fourth-order valence-corrected chi connectivity index (χ4v) is 5.59. The number of ether oxygens (including phenoxy) is 1. The molecule has 1 saturated carbocycles. The second-order valence-corrected chi connectivity index (χ2v) is 12.2. The Morgan fingerprint density at radius 2 is 1.76 bits per heavy atom. The van der Waals surface area contributed by atoms with Crippen molar-refractivity contribution in [2.24, 2.45) is 0 Å². The van der Waals surface area contributed by atoms with Gasteiger partial charge in [0, 0.05) is 17.6 Å². The SMILES string of the molecule is COc1ccc(Cl)cc1N(CC(=O)N(Cc1ccc(Cl)c(Cl)c1)[C@H](C)C(=O)NC1CCCC1)S(C)(=O)=O. The maximum absolute atomic E-state index is 13.7. The van der Waals surface area contributed by atoms with Crippen LogP contribution in [0.3, 0.4) is 0 Å². The van der Waals surface area contributed by atoms with Gasteiger partial charge in [0.15, 0.2) is 0 Å². The first-order valence-corrected chi connectivity index (χ1v) is 14.7. The molecule has 37 heavy (non-hydrogen) atoms. The largest absolute Gasteiger partial charge is 0.495 e. The first kappa shape index (κ1) is 29.4. The van der Waals surface area contributed by atoms with Gasteiger partial charge in [0.05, 0.1) is 29.1 Å². The summed E-state index contributed by atoms with van der Waals surface area (Å²) < 4.78 is 31.8. The molecular formula is C25H30Cl3N3O5S. The number of hydrogen-bond donors (Lipinski definition) is 1. The van der Waals surface area contributed by atoms with E-state index in [0.717, 1.165) is 36.2 Å². The van der Waals surface area contributed by atoms with Crippen LogP contribution >= 0.6 is 34.8 Å². The van der Waals surface area contributed by atoms with Crippen molar-refractivity contribution >= 4 is 62.3 Å². The standard InChI is InChI=1S/C25H30Cl3N3O5S/c1-16(25(33)29-19-6-4-5-7-19)30(14-17-8-10-20(27)21(28)12-17)24(32)15-31(37(3,34)35)22-13-18(26)9-11-23(22)36-2/h8-13,16,19H,4-7,14-15H2,1-3H3,(H,29,33)/t16-/m1/s1. The number of amides is 2. The van der Waals surface area contributed by atoms with Crippen molar-refractivity contribution in [2.75, 3.05) is 24.2 Å². The van der Waals surface area contributed by atoms with Gasteiger partial charge in [-0.05, 0) is 55.7 Å². The van der Waals surface area contributed by atoms with Gasteiger partial charge in [0.1, 0.15) is 18.3 Å². The number of hydrogen-bond acceptors (Lipinski definition) is 5. The number of carbonyl (C=O) groups is 2. The first-order valence-electron chi connectivity index (χ1n) is 11.8. The number of rotatable bonds is 10. The molecule has 8 nitrogen and oxygen atoms in total. The maximum Gasteiger partial charge on any atom is 0.244 e. The summed E-state index contributed by atoms with van der Waals surface area (Å²) in [7, 11) is -2.55. The Bertz CT molecular complexity index is 1250. The molecule has 0 heterocycles. The summed E-state index contributed by atoms with van der Waals surface area (Å²) in [5.41, 5.74) is 0.748. The smallest absolute Gasteiger partial charge is 0.244 e. The molecule has 0 aliphatic heterocycles. The lowest BCUT2D eigenvalue weighted by Crippen LogP contribution is -2.52. The van der Waals surface area contributed by atoms with Gasteiger partial charge in [-0.25, -0.2) is 8.42 Å². The van der Waals surface area contributed by atoms with E-state index in [4.69, 9.17) is 39.5 Å². The Morgan fingerprint density at radius 1 is 1.08 bits per heavy atom. The molecule has 202 valence electrons. The van der Waals surface area contributed by atoms with E-state index in [1.165, 1.54) is 24.1 Å². The van der Waals surface area contributed by atoms with Gasteiger partial charge in [0.25, 0.3) is 0 Å². The van der Waals surface area contributed by atoms with E-state index in [-0.39, 0.29) is 35.0 Å². The molecule has 3 rings (SSSR count). The Labute approximate surface area is 232 Å². The molecule has 1 atom stereocenters. The van der Waals surface area contributed by atoms with E-state index in [1.807, 2.05) is 0 Å². The zero-order valence-electron chi connectivity index (χ0n) is 20.8. The first-order chi connectivity index (χ1) is 17.4. The molecule has 0 saturated heterocycles. The number of benzene rings is 2. The molecule has 0 radical (unpaired) electrons. The lowest BCUT2D eigenvalue weighted by atomic mass is 10.1. The monoisotopic (exact) mass is 589 g/mol. The quantitative estimate of drug-likeness (QED) is 0.425. The molecule has 1 aliphatic rings. The van der Waals surface area contributed by atoms with E-state index >= 15 is 0 Å². The summed E-state index contributed by atoms with van der Waals surface area (Å²) in [5.74, 6) is -0.676. The number of sulfonamides is 1. The Morgan fingerprint density at radius 3 is 2.35 bits per heavy atom. The summed E-state index contributed by atoms with van der Waals surface area (Å²) in [4.78, 5) is 28.2. The van der Waals surface area contributed by atoms with Crippen LogP contribution in [0.25, 0.3) is 0 Å². The number of methoxy groups -OCH3 is 1. The molecule has 1 N–H and O–H groups in total. The van der Waals surface area contributed by atoms with Crippen molar-refractivity contribution in [3.8, 4) is 5.75 Å². The molecule has 2 aromatic rings. The zero-order valence-corrected chi connectivity index (χ0v) is 23.9. The molecule has 1 aliphatic carbocycles. The van der Waals surface area contributed by atoms with Crippen molar-refractivity contribution in [1.29, 1.82) is 0 Å². The second kappa shape index (κ2) is 12.6. The number of halogens is 3. The van der Waals surface area contributed by atoms with Gasteiger partial charge in [-0.3, -0.25) is 13.9 Å². The van der Waals surface area contributed by atoms with Crippen LogP contribution in [0.2, 0.25) is 15.1 Å². The zero-order chi connectivity index (χ0) is 27.3. The van der Waals surface area contributed by atoms with Gasteiger partial charge in [-0.2, -0.15) is 0 Å². The summed E-state index contributed by atoms with van der Waals surface area (Å²) >= 11 is 18.3. The highest BCUT2D eigenvalue weighted by atomic mass is 35.5. The highest BCUT2D eigenvalue weighted by Crippen LogP contribution is 2.33. The second-order valence-electron chi connectivity index (χ2n) is 9.02. The summed E-state index contributed by atoms with van der Waals surface area (Å²) in [6.07, 6.45) is 4.83. The van der Waals surface area contributed by atoms with Crippen LogP contribution in [-0.2, 0) is 26.2 Å². The van der Waals surface area contributed by atoms with Gasteiger partial charge in [-0.1, -0.05) is 53.7 Å². The summed E-state index contributed by atoms with van der Waals surface area (Å²) in [6.45, 7) is 1.06. The molecule has 12 heteroatoms. The van der Waals surface area contributed by atoms with E-state index in [1.54, 1.807) is 31.2 Å². The van der Waals surface area contributed by atoms with Crippen LogP contribution in [0.1, 0.15) is 38.2 Å². The molecule has 0 unspecified atom stereocenters. The fraction of sp³-hybridized carbons (Fsp3) is 0.440. The minimum Gasteiger partial charge on any atom is -0.495 e. The highest BCUT2D eigenvalue weighted by Gasteiger charge is 2.32. The molecule has 0 spiro atoms. The third kappa shape index (κ3) is 7.66. The lowest BCUT2D eigenvalue weighted by molar-refractivity contribution is -0.139. The fourth-order valence-electron chi connectivity index (χ4n) is 4.26.